The highest BCUT2D eigenvalue weighted by molar-refractivity contribution is 6.30. The topological polar surface area (TPSA) is 66.8 Å². The summed E-state index contributed by atoms with van der Waals surface area (Å²) in [7, 11) is 0. The Hall–Kier alpha value is -3.73. The molecular formula is C23H16ClF5N4O2. The average Bonchev–Trinajstić information content (AvgIpc) is 3.27. The van der Waals surface area contributed by atoms with E-state index in [1.165, 1.54) is 42.6 Å². The number of urea groups is 1. The molecule has 3 aromatic rings. The van der Waals surface area contributed by atoms with Crippen LogP contribution in [0.25, 0.3) is 0 Å². The molecule has 4 rings (SSSR count). The van der Waals surface area contributed by atoms with Gasteiger partial charge in [-0.15, -0.1) is 0 Å². The number of ether oxygens (including phenoxy) is 1. The van der Waals surface area contributed by atoms with Gasteiger partial charge in [-0.2, -0.15) is 22.7 Å². The summed E-state index contributed by atoms with van der Waals surface area (Å²) >= 11 is 5.92. The molecule has 6 nitrogen and oxygen atoms in total. The molecular weight excluding hydrogens is 495 g/mol. The lowest BCUT2D eigenvalue weighted by atomic mass is 9.94. The number of benzene rings is 2. The molecule has 2 heterocycles. The van der Waals surface area contributed by atoms with Crippen molar-refractivity contribution in [3.8, 4) is 5.75 Å². The number of nitrogens with zero attached hydrogens (tertiary/aromatic N) is 3. The Bertz CT molecular complexity index is 1220. The number of halogens is 6. The maximum Gasteiger partial charge on any atom is 0.461 e. The molecule has 1 N–H and O–H groups in total. The van der Waals surface area contributed by atoms with E-state index in [1.807, 2.05) is 0 Å². The monoisotopic (exact) mass is 510 g/mol. The first-order valence-corrected chi connectivity index (χ1v) is 10.5. The van der Waals surface area contributed by atoms with Crippen LogP contribution in [0.5, 0.6) is 5.75 Å². The number of aromatic nitrogens is 1. The lowest BCUT2D eigenvalue weighted by Gasteiger charge is -2.17. The second-order valence-corrected chi connectivity index (χ2v) is 7.88. The first-order valence-electron chi connectivity index (χ1n) is 10.1. The number of pyridine rings is 1. The summed E-state index contributed by atoms with van der Waals surface area (Å²) in [6.45, 7) is 0.106. The number of rotatable bonds is 6. The van der Waals surface area contributed by atoms with Crippen LogP contribution >= 0.6 is 11.6 Å². The van der Waals surface area contributed by atoms with Crippen molar-refractivity contribution in [3.63, 3.8) is 0 Å². The van der Waals surface area contributed by atoms with Gasteiger partial charge >= 0.3 is 18.6 Å². The van der Waals surface area contributed by atoms with E-state index in [2.05, 4.69) is 20.1 Å². The number of anilines is 1. The summed E-state index contributed by atoms with van der Waals surface area (Å²) in [6.07, 6.45) is -7.17. The third-order valence-corrected chi connectivity index (χ3v) is 5.23. The maximum atomic E-state index is 13.4. The van der Waals surface area contributed by atoms with Gasteiger partial charge in [-0.3, -0.25) is 4.98 Å². The minimum Gasteiger partial charge on any atom is -0.428 e. The summed E-state index contributed by atoms with van der Waals surface area (Å²) in [5.41, 5.74) is 1.85. The van der Waals surface area contributed by atoms with Crippen molar-refractivity contribution < 1.29 is 31.5 Å². The molecule has 2 amide bonds. The third-order valence-electron chi connectivity index (χ3n) is 5.01. The summed E-state index contributed by atoms with van der Waals surface area (Å²) in [5, 5.41) is 8.51. The Morgan fingerprint density at radius 1 is 1.09 bits per heavy atom. The van der Waals surface area contributed by atoms with Gasteiger partial charge in [-0.25, -0.2) is 14.2 Å². The molecule has 1 aliphatic heterocycles. The van der Waals surface area contributed by atoms with Crippen LogP contribution in [0.15, 0.2) is 72.0 Å². The Morgan fingerprint density at radius 3 is 2.37 bits per heavy atom. The summed E-state index contributed by atoms with van der Waals surface area (Å²) < 4.78 is 68.1. The number of amides is 2. The highest BCUT2D eigenvalue weighted by Gasteiger charge is 2.44. The quantitative estimate of drug-likeness (QED) is 0.405. The normalized spacial score (nSPS) is 15.8. The van der Waals surface area contributed by atoms with Crippen molar-refractivity contribution in [2.75, 3.05) is 11.9 Å². The van der Waals surface area contributed by atoms with E-state index in [1.54, 1.807) is 12.1 Å². The van der Waals surface area contributed by atoms with Crippen molar-refractivity contribution in [2.45, 2.75) is 18.5 Å². The molecule has 35 heavy (non-hydrogen) atoms. The van der Waals surface area contributed by atoms with Crippen LogP contribution in [0.4, 0.5) is 32.4 Å². The second-order valence-electron chi connectivity index (χ2n) is 7.45. The van der Waals surface area contributed by atoms with Gasteiger partial charge in [0.2, 0.25) is 0 Å². The van der Waals surface area contributed by atoms with Crippen LogP contribution in [0.3, 0.4) is 0 Å². The van der Waals surface area contributed by atoms with Crippen LogP contribution in [0.1, 0.15) is 17.2 Å². The molecule has 0 aliphatic carbocycles. The third kappa shape index (κ3) is 5.68. The minimum atomic E-state index is -4.64. The van der Waals surface area contributed by atoms with Gasteiger partial charge in [0.15, 0.2) is 0 Å². The fourth-order valence-corrected chi connectivity index (χ4v) is 3.44. The second kappa shape index (κ2) is 9.87. The Balaban J connectivity index is 1.52. The van der Waals surface area contributed by atoms with Gasteiger partial charge in [0.1, 0.15) is 11.6 Å². The molecule has 1 atom stereocenters. The van der Waals surface area contributed by atoms with E-state index < -0.39 is 36.0 Å². The minimum absolute atomic E-state index is 0.106. The van der Waals surface area contributed by atoms with Crippen molar-refractivity contribution in [3.05, 3.63) is 89.0 Å². The number of hydrazone groups is 1. The molecule has 182 valence electrons. The number of hydrogen-bond donors (Lipinski definition) is 1. The number of carbonyl (C=O) groups excluding carboxylic acids is 1. The van der Waals surface area contributed by atoms with E-state index in [-0.39, 0.29) is 12.2 Å². The molecule has 1 aromatic heterocycles. The Morgan fingerprint density at radius 2 is 1.77 bits per heavy atom. The predicted octanol–water partition coefficient (Wildman–Crippen LogP) is 6.15. The van der Waals surface area contributed by atoms with Crippen LogP contribution < -0.4 is 10.1 Å². The first-order chi connectivity index (χ1) is 16.6. The first kappa shape index (κ1) is 24.4. The van der Waals surface area contributed by atoms with E-state index in [0.29, 0.717) is 22.0 Å². The van der Waals surface area contributed by atoms with Crippen LogP contribution in [-0.2, 0) is 0 Å². The molecule has 0 spiro atoms. The molecule has 1 unspecified atom stereocenters. The highest BCUT2D eigenvalue weighted by Crippen LogP contribution is 2.30. The fraction of sp³-hybridized carbons (Fsp3) is 0.174. The molecule has 0 radical (unpaired) electrons. The highest BCUT2D eigenvalue weighted by atomic mass is 35.5. The van der Waals surface area contributed by atoms with Crippen LogP contribution in [0, 0.1) is 5.82 Å². The summed E-state index contributed by atoms with van der Waals surface area (Å²) in [6, 6.07) is 12.8. The van der Waals surface area contributed by atoms with Crippen molar-refractivity contribution >= 4 is 29.0 Å². The Kier molecular flexibility index (Phi) is 6.88. The van der Waals surface area contributed by atoms with Crippen LogP contribution in [-0.4, -0.2) is 40.8 Å². The van der Waals surface area contributed by atoms with E-state index in [4.69, 9.17) is 11.6 Å². The maximum absolute atomic E-state index is 13.4. The SMILES string of the molecule is O=C(Nc1ccc(OC(F)(F)C(F)F)cc1)N1CC(c2ccc(Cl)cn2)C(c2ccc(F)cc2)=N1. The van der Waals surface area contributed by atoms with Gasteiger partial charge in [-0.1, -0.05) is 23.7 Å². The zero-order valence-electron chi connectivity index (χ0n) is 17.6. The average molecular weight is 511 g/mol. The van der Waals surface area contributed by atoms with E-state index in [0.717, 1.165) is 17.1 Å². The number of alkyl halides is 4. The van der Waals surface area contributed by atoms with Crippen molar-refractivity contribution in [1.82, 2.24) is 9.99 Å². The molecule has 0 saturated carbocycles. The van der Waals surface area contributed by atoms with Crippen LogP contribution in [0.2, 0.25) is 5.02 Å². The summed E-state index contributed by atoms with van der Waals surface area (Å²) in [4.78, 5) is 17.1. The van der Waals surface area contributed by atoms with Gasteiger partial charge in [0.25, 0.3) is 0 Å². The fourth-order valence-electron chi connectivity index (χ4n) is 3.33. The number of carbonyl (C=O) groups is 1. The molecule has 0 saturated heterocycles. The van der Waals surface area contributed by atoms with Gasteiger partial charge in [0.05, 0.1) is 28.9 Å². The summed E-state index contributed by atoms with van der Waals surface area (Å²) in [5.74, 6) is -1.36. The van der Waals surface area contributed by atoms with Crippen molar-refractivity contribution in [2.24, 2.45) is 5.10 Å². The lowest BCUT2D eigenvalue weighted by molar-refractivity contribution is -0.253. The standard InChI is InChI=1S/C23H16ClF5N4O2/c24-14-3-10-19(30-11-14)18-12-33(32-20(18)13-1-4-15(25)5-2-13)22(34)31-16-6-8-17(9-7-16)35-23(28,29)21(26)27/h1-11,18,21H,12H2,(H,31,34). The van der Waals surface area contributed by atoms with Gasteiger partial charge in [0, 0.05) is 11.9 Å². The smallest absolute Gasteiger partial charge is 0.428 e. The largest absolute Gasteiger partial charge is 0.461 e. The van der Waals surface area contributed by atoms with E-state index in [9.17, 15) is 26.7 Å². The van der Waals surface area contributed by atoms with Gasteiger partial charge < -0.3 is 10.1 Å². The van der Waals surface area contributed by atoms with Gasteiger partial charge in [-0.05, 0) is 54.1 Å². The lowest BCUT2D eigenvalue weighted by Crippen LogP contribution is -2.33. The molecule has 0 bridgehead atoms. The zero-order chi connectivity index (χ0) is 25.2. The predicted molar refractivity (Wildman–Crippen MR) is 119 cm³/mol. The molecule has 0 fully saturated rings. The number of nitrogens with one attached hydrogen (secondary N) is 1. The molecule has 1 aliphatic rings. The molecule has 2 aromatic carbocycles. The van der Waals surface area contributed by atoms with E-state index >= 15 is 0 Å². The number of hydrogen-bond acceptors (Lipinski definition) is 4. The zero-order valence-corrected chi connectivity index (χ0v) is 18.4. The molecule has 12 heteroatoms. The van der Waals surface area contributed by atoms with Crippen molar-refractivity contribution in [1.29, 1.82) is 0 Å². The Labute approximate surface area is 201 Å².